The number of amides is 1. The number of carbonyl (C=O) groups excluding carboxylic acids is 1. The molecule has 160 valence electrons. The lowest BCUT2D eigenvalue weighted by molar-refractivity contribution is -0.119. The largest absolute Gasteiger partial charge is 0.495 e. The van der Waals surface area contributed by atoms with Gasteiger partial charge in [0.05, 0.1) is 18.6 Å². The SMILES string of the molecule is COc1ccc(C)cc1-n1c(SCC(=O)NC(C)C)nc2c([nH]c3ccccc32)c1=O. The van der Waals surface area contributed by atoms with Crippen molar-refractivity contribution in [2.45, 2.75) is 32.0 Å². The molecule has 0 fully saturated rings. The summed E-state index contributed by atoms with van der Waals surface area (Å²) in [7, 11) is 1.57. The van der Waals surface area contributed by atoms with Crippen LogP contribution in [0.15, 0.2) is 52.4 Å². The second-order valence-electron chi connectivity index (χ2n) is 7.62. The summed E-state index contributed by atoms with van der Waals surface area (Å²) >= 11 is 1.23. The molecule has 2 heterocycles. The molecule has 0 atom stereocenters. The smallest absolute Gasteiger partial charge is 0.283 e. The highest BCUT2D eigenvalue weighted by atomic mass is 32.2. The predicted molar refractivity (Wildman–Crippen MR) is 124 cm³/mol. The maximum absolute atomic E-state index is 13.6. The van der Waals surface area contributed by atoms with E-state index < -0.39 is 0 Å². The van der Waals surface area contributed by atoms with Crippen molar-refractivity contribution in [2.75, 3.05) is 12.9 Å². The topological polar surface area (TPSA) is 89.0 Å². The van der Waals surface area contributed by atoms with Gasteiger partial charge < -0.3 is 15.0 Å². The molecule has 0 unspecified atom stereocenters. The van der Waals surface area contributed by atoms with Crippen molar-refractivity contribution >= 4 is 39.6 Å². The summed E-state index contributed by atoms with van der Waals surface area (Å²) in [5.41, 5.74) is 3.18. The lowest BCUT2D eigenvalue weighted by Crippen LogP contribution is -2.32. The number of aromatic nitrogens is 3. The Hall–Kier alpha value is -3.26. The van der Waals surface area contributed by atoms with Crippen LogP contribution in [0.3, 0.4) is 0 Å². The molecule has 0 saturated carbocycles. The number of nitrogens with zero attached hydrogens (tertiary/aromatic N) is 2. The maximum atomic E-state index is 13.6. The molecule has 7 nitrogen and oxygen atoms in total. The Labute approximate surface area is 183 Å². The van der Waals surface area contributed by atoms with Crippen LogP contribution < -0.4 is 15.6 Å². The monoisotopic (exact) mass is 436 g/mol. The van der Waals surface area contributed by atoms with Gasteiger partial charge in [0.1, 0.15) is 16.8 Å². The highest BCUT2D eigenvalue weighted by Gasteiger charge is 2.20. The van der Waals surface area contributed by atoms with Gasteiger partial charge in [-0.3, -0.25) is 9.59 Å². The number of thioether (sulfide) groups is 1. The minimum atomic E-state index is -0.239. The molecule has 0 bridgehead atoms. The van der Waals surface area contributed by atoms with Gasteiger partial charge in [-0.05, 0) is 44.5 Å². The van der Waals surface area contributed by atoms with Crippen molar-refractivity contribution in [3.63, 3.8) is 0 Å². The van der Waals surface area contributed by atoms with Crippen LogP contribution in [0.5, 0.6) is 5.75 Å². The first-order chi connectivity index (χ1) is 14.9. The van der Waals surface area contributed by atoms with Gasteiger partial charge in [0, 0.05) is 16.9 Å². The average Bonchev–Trinajstić information content (AvgIpc) is 3.11. The third-order valence-corrected chi connectivity index (χ3v) is 5.79. The fraction of sp³-hybridized carbons (Fsp3) is 0.261. The maximum Gasteiger partial charge on any atom is 0.283 e. The number of rotatable bonds is 6. The van der Waals surface area contributed by atoms with E-state index in [1.165, 1.54) is 16.3 Å². The van der Waals surface area contributed by atoms with E-state index in [4.69, 9.17) is 9.72 Å². The molecular formula is C23H24N4O3S. The number of hydrogen-bond donors (Lipinski definition) is 2. The second-order valence-corrected chi connectivity index (χ2v) is 8.56. The molecule has 31 heavy (non-hydrogen) atoms. The number of aromatic amines is 1. The van der Waals surface area contributed by atoms with Crippen LogP contribution in [0, 0.1) is 6.92 Å². The van der Waals surface area contributed by atoms with Crippen LogP contribution >= 0.6 is 11.8 Å². The number of para-hydroxylation sites is 1. The van der Waals surface area contributed by atoms with Crippen LogP contribution in [0.1, 0.15) is 19.4 Å². The molecule has 0 aliphatic rings. The zero-order valence-electron chi connectivity index (χ0n) is 17.9. The summed E-state index contributed by atoms with van der Waals surface area (Å²) in [6.07, 6.45) is 0. The normalized spacial score (nSPS) is 11.4. The first-order valence-electron chi connectivity index (χ1n) is 9.99. The number of hydrogen-bond acceptors (Lipinski definition) is 5. The van der Waals surface area contributed by atoms with Gasteiger partial charge in [-0.2, -0.15) is 0 Å². The minimum absolute atomic E-state index is 0.0382. The molecule has 0 saturated heterocycles. The molecule has 4 aromatic rings. The van der Waals surface area contributed by atoms with Gasteiger partial charge >= 0.3 is 0 Å². The summed E-state index contributed by atoms with van der Waals surface area (Å²) in [6, 6.07) is 13.3. The van der Waals surface area contributed by atoms with Gasteiger partial charge in [-0.1, -0.05) is 36.0 Å². The van der Waals surface area contributed by atoms with E-state index in [-0.39, 0.29) is 23.3 Å². The Morgan fingerprint density at radius 2 is 2.03 bits per heavy atom. The number of ether oxygens (including phenoxy) is 1. The summed E-state index contributed by atoms with van der Waals surface area (Å²) < 4.78 is 7.05. The van der Waals surface area contributed by atoms with Gasteiger partial charge in [-0.15, -0.1) is 0 Å². The van der Waals surface area contributed by atoms with Crippen molar-refractivity contribution in [3.05, 3.63) is 58.4 Å². The molecular weight excluding hydrogens is 412 g/mol. The van der Waals surface area contributed by atoms with Crippen LogP contribution in [0.4, 0.5) is 0 Å². The molecule has 0 radical (unpaired) electrons. The Bertz CT molecular complexity index is 1340. The number of aryl methyl sites for hydroxylation is 1. The van der Waals surface area contributed by atoms with Gasteiger partial charge in [0.25, 0.3) is 5.56 Å². The highest BCUT2D eigenvalue weighted by molar-refractivity contribution is 7.99. The summed E-state index contributed by atoms with van der Waals surface area (Å²) in [5, 5.41) is 4.18. The Balaban J connectivity index is 1.95. The molecule has 2 N–H and O–H groups in total. The third kappa shape index (κ3) is 4.03. The number of methoxy groups -OCH3 is 1. The number of nitrogens with one attached hydrogen (secondary N) is 2. The number of carbonyl (C=O) groups is 1. The Kier molecular flexibility index (Phi) is 5.73. The molecule has 0 spiro atoms. The van der Waals surface area contributed by atoms with Crippen LogP contribution in [0.2, 0.25) is 0 Å². The van der Waals surface area contributed by atoms with Crippen molar-refractivity contribution in [1.29, 1.82) is 0 Å². The van der Waals surface area contributed by atoms with E-state index in [0.717, 1.165) is 16.5 Å². The highest BCUT2D eigenvalue weighted by Crippen LogP contribution is 2.30. The standard InChI is InChI=1S/C23H24N4O3S/c1-13(2)24-19(28)12-31-23-26-20-15-7-5-6-8-16(15)25-21(20)22(29)27(23)17-11-14(3)9-10-18(17)30-4/h5-11,13,25H,12H2,1-4H3,(H,24,28). The minimum Gasteiger partial charge on any atom is -0.495 e. The van der Waals surface area contributed by atoms with E-state index in [0.29, 0.717) is 27.6 Å². The van der Waals surface area contributed by atoms with E-state index >= 15 is 0 Å². The number of fused-ring (bicyclic) bond motifs is 3. The van der Waals surface area contributed by atoms with Crippen LogP contribution in [-0.4, -0.2) is 39.3 Å². The first-order valence-corrected chi connectivity index (χ1v) is 11.0. The van der Waals surface area contributed by atoms with E-state index in [1.807, 2.05) is 63.2 Å². The van der Waals surface area contributed by atoms with E-state index in [2.05, 4.69) is 10.3 Å². The lowest BCUT2D eigenvalue weighted by Gasteiger charge is -2.16. The average molecular weight is 437 g/mol. The third-order valence-electron chi connectivity index (χ3n) is 4.85. The zero-order valence-corrected chi connectivity index (χ0v) is 18.7. The fourth-order valence-corrected chi connectivity index (χ4v) is 4.33. The molecule has 8 heteroatoms. The van der Waals surface area contributed by atoms with Crippen LogP contribution in [0.25, 0.3) is 27.6 Å². The first kappa shape index (κ1) is 21.0. The Morgan fingerprint density at radius 1 is 1.26 bits per heavy atom. The van der Waals surface area contributed by atoms with E-state index in [1.54, 1.807) is 7.11 Å². The lowest BCUT2D eigenvalue weighted by atomic mass is 10.2. The van der Waals surface area contributed by atoms with Crippen molar-refractivity contribution < 1.29 is 9.53 Å². The summed E-state index contributed by atoms with van der Waals surface area (Å²) in [4.78, 5) is 33.9. The van der Waals surface area contributed by atoms with Crippen molar-refractivity contribution in [2.24, 2.45) is 0 Å². The van der Waals surface area contributed by atoms with Gasteiger partial charge in [-0.25, -0.2) is 9.55 Å². The molecule has 0 aliphatic heterocycles. The fourth-order valence-electron chi connectivity index (χ4n) is 3.52. The van der Waals surface area contributed by atoms with Crippen LogP contribution in [-0.2, 0) is 4.79 Å². The molecule has 4 rings (SSSR count). The van der Waals surface area contributed by atoms with Gasteiger partial charge in [0.2, 0.25) is 5.91 Å². The summed E-state index contributed by atoms with van der Waals surface area (Å²) in [6.45, 7) is 5.77. The van der Waals surface area contributed by atoms with Gasteiger partial charge in [0.15, 0.2) is 5.16 Å². The number of H-pyrrole nitrogens is 1. The molecule has 0 aliphatic carbocycles. The Morgan fingerprint density at radius 3 is 2.77 bits per heavy atom. The molecule has 1 amide bonds. The van der Waals surface area contributed by atoms with Crippen molar-refractivity contribution in [1.82, 2.24) is 19.9 Å². The predicted octanol–water partition coefficient (Wildman–Crippen LogP) is 3.80. The number of benzene rings is 2. The zero-order chi connectivity index (χ0) is 22.1. The van der Waals surface area contributed by atoms with E-state index in [9.17, 15) is 9.59 Å². The second kappa shape index (κ2) is 8.47. The molecule has 2 aromatic carbocycles. The quantitative estimate of drug-likeness (QED) is 0.355. The molecule has 2 aromatic heterocycles. The summed E-state index contributed by atoms with van der Waals surface area (Å²) in [5.74, 6) is 0.585. The van der Waals surface area contributed by atoms with Crippen molar-refractivity contribution in [3.8, 4) is 11.4 Å².